The van der Waals surface area contributed by atoms with E-state index in [1.165, 1.54) is 0 Å². The van der Waals surface area contributed by atoms with Gasteiger partial charge in [-0.05, 0) is 25.0 Å². The van der Waals surface area contributed by atoms with Gasteiger partial charge in [0, 0.05) is 19.2 Å². The first-order chi connectivity index (χ1) is 8.20. The topological polar surface area (TPSA) is 62.9 Å². The second-order valence-corrected chi connectivity index (χ2v) is 4.05. The van der Waals surface area contributed by atoms with E-state index in [1.807, 2.05) is 19.1 Å². The molecule has 1 aliphatic heterocycles. The van der Waals surface area contributed by atoms with Crippen molar-refractivity contribution in [2.45, 2.75) is 19.4 Å². The van der Waals surface area contributed by atoms with Crippen molar-refractivity contribution in [1.29, 1.82) is 0 Å². The number of hydrogen-bond donors (Lipinski definition) is 1. The molecule has 0 saturated carbocycles. The molecule has 0 radical (unpaired) electrons. The SMILES string of the molecule is COCOc1cc2c(cc1CC(C)N)OCO2. The minimum absolute atomic E-state index is 0.0558. The molecule has 0 amide bonds. The highest BCUT2D eigenvalue weighted by Gasteiger charge is 2.18. The average molecular weight is 239 g/mol. The monoisotopic (exact) mass is 239 g/mol. The Morgan fingerprint density at radius 2 is 2.06 bits per heavy atom. The van der Waals surface area contributed by atoms with Crippen molar-refractivity contribution in [1.82, 2.24) is 0 Å². The highest BCUT2D eigenvalue weighted by molar-refractivity contribution is 5.52. The normalized spacial score (nSPS) is 14.8. The summed E-state index contributed by atoms with van der Waals surface area (Å²) in [5, 5.41) is 0. The summed E-state index contributed by atoms with van der Waals surface area (Å²) in [5.41, 5.74) is 6.81. The van der Waals surface area contributed by atoms with Crippen LogP contribution in [0.4, 0.5) is 0 Å². The molecule has 0 aliphatic carbocycles. The number of ether oxygens (including phenoxy) is 4. The summed E-state index contributed by atoms with van der Waals surface area (Å²) >= 11 is 0. The first-order valence-corrected chi connectivity index (χ1v) is 5.50. The van der Waals surface area contributed by atoms with Crippen LogP contribution in [0.15, 0.2) is 12.1 Å². The molecule has 1 aromatic rings. The molecule has 0 aromatic heterocycles. The summed E-state index contributed by atoms with van der Waals surface area (Å²) in [6.45, 7) is 2.40. The molecule has 5 heteroatoms. The Morgan fingerprint density at radius 1 is 1.35 bits per heavy atom. The summed E-state index contributed by atoms with van der Waals surface area (Å²) in [6, 6.07) is 3.79. The Labute approximate surface area is 100 Å². The first kappa shape index (κ1) is 12.0. The Kier molecular flexibility index (Phi) is 3.71. The molecule has 17 heavy (non-hydrogen) atoms. The van der Waals surface area contributed by atoms with Crippen LogP contribution in [0, 0.1) is 0 Å². The molecule has 5 nitrogen and oxygen atoms in total. The van der Waals surface area contributed by atoms with Crippen molar-refractivity contribution in [3.05, 3.63) is 17.7 Å². The van der Waals surface area contributed by atoms with Crippen molar-refractivity contribution < 1.29 is 18.9 Å². The number of fused-ring (bicyclic) bond motifs is 1. The fraction of sp³-hybridized carbons (Fsp3) is 0.500. The van der Waals surface area contributed by atoms with Crippen molar-refractivity contribution >= 4 is 0 Å². The molecule has 2 rings (SSSR count). The van der Waals surface area contributed by atoms with Crippen LogP contribution >= 0.6 is 0 Å². The molecule has 1 aromatic carbocycles. The number of nitrogens with two attached hydrogens (primary N) is 1. The third-order valence-electron chi connectivity index (χ3n) is 2.43. The van der Waals surface area contributed by atoms with Crippen LogP contribution in [0.1, 0.15) is 12.5 Å². The summed E-state index contributed by atoms with van der Waals surface area (Å²) in [4.78, 5) is 0. The molecule has 1 atom stereocenters. The second kappa shape index (κ2) is 5.25. The lowest BCUT2D eigenvalue weighted by Crippen LogP contribution is -2.18. The predicted octanol–water partition coefficient (Wildman–Crippen LogP) is 1.29. The second-order valence-electron chi connectivity index (χ2n) is 4.05. The van der Waals surface area contributed by atoms with Crippen LogP contribution in [0.3, 0.4) is 0 Å². The van der Waals surface area contributed by atoms with Gasteiger partial charge in [-0.2, -0.15) is 0 Å². The van der Waals surface area contributed by atoms with Gasteiger partial charge in [-0.25, -0.2) is 0 Å². The van der Waals surface area contributed by atoms with Gasteiger partial charge in [0.05, 0.1) is 0 Å². The van der Waals surface area contributed by atoms with Gasteiger partial charge in [0.15, 0.2) is 18.3 Å². The highest BCUT2D eigenvalue weighted by Crippen LogP contribution is 2.38. The Bertz CT molecular complexity index is 392. The minimum atomic E-state index is 0.0558. The van der Waals surface area contributed by atoms with Gasteiger partial charge < -0.3 is 24.7 Å². The maximum Gasteiger partial charge on any atom is 0.231 e. The fourth-order valence-electron chi connectivity index (χ4n) is 1.73. The molecular formula is C12H17NO4. The van der Waals surface area contributed by atoms with Crippen molar-refractivity contribution in [2.24, 2.45) is 5.73 Å². The molecule has 2 N–H and O–H groups in total. The number of rotatable bonds is 5. The van der Waals surface area contributed by atoms with E-state index in [0.717, 1.165) is 23.5 Å². The van der Waals surface area contributed by atoms with Gasteiger partial charge in [0.1, 0.15) is 5.75 Å². The van der Waals surface area contributed by atoms with Crippen LogP contribution in [-0.4, -0.2) is 26.7 Å². The minimum Gasteiger partial charge on any atom is -0.467 e. The molecular weight excluding hydrogens is 222 g/mol. The van der Waals surface area contributed by atoms with Gasteiger partial charge in [-0.1, -0.05) is 0 Å². The highest BCUT2D eigenvalue weighted by atomic mass is 16.7. The van der Waals surface area contributed by atoms with Crippen molar-refractivity contribution in [3.8, 4) is 17.2 Å². The van der Waals surface area contributed by atoms with Gasteiger partial charge in [0.2, 0.25) is 6.79 Å². The third-order valence-corrected chi connectivity index (χ3v) is 2.43. The van der Waals surface area contributed by atoms with Crippen LogP contribution < -0.4 is 19.9 Å². The van der Waals surface area contributed by atoms with Gasteiger partial charge in [0.25, 0.3) is 0 Å². The Hall–Kier alpha value is -1.46. The molecule has 1 unspecified atom stereocenters. The lowest BCUT2D eigenvalue weighted by Gasteiger charge is -2.13. The first-order valence-electron chi connectivity index (χ1n) is 5.50. The lowest BCUT2D eigenvalue weighted by molar-refractivity contribution is 0.0502. The van der Waals surface area contributed by atoms with Crippen LogP contribution in [-0.2, 0) is 11.2 Å². The predicted molar refractivity (Wildman–Crippen MR) is 62.4 cm³/mol. The van der Waals surface area contributed by atoms with E-state index in [2.05, 4.69) is 0 Å². The van der Waals surface area contributed by atoms with Crippen molar-refractivity contribution in [2.75, 3.05) is 20.7 Å². The van der Waals surface area contributed by atoms with E-state index < -0.39 is 0 Å². The molecule has 0 bridgehead atoms. The number of methoxy groups -OCH3 is 1. The molecule has 1 heterocycles. The van der Waals surface area contributed by atoms with Crippen molar-refractivity contribution in [3.63, 3.8) is 0 Å². The third kappa shape index (κ3) is 2.81. The van der Waals surface area contributed by atoms with E-state index >= 15 is 0 Å². The number of benzene rings is 1. The quantitative estimate of drug-likeness (QED) is 0.784. The van der Waals surface area contributed by atoms with E-state index in [9.17, 15) is 0 Å². The zero-order chi connectivity index (χ0) is 12.3. The van der Waals surface area contributed by atoms with Gasteiger partial charge >= 0.3 is 0 Å². The summed E-state index contributed by atoms with van der Waals surface area (Å²) in [5.74, 6) is 2.17. The van der Waals surface area contributed by atoms with Crippen LogP contribution in [0.5, 0.6) is 17.2 Å². The average Bonchev–Trinajstić information content (AvgIpc) is 2.72. The zero-order valence-corrected chi connectivity index (χ0v) is 10.1. The maximum atomic E-state index is 5.81. The molecule has 0 spiro atoms. The van der Waals surface area contributed by atoms with E-state index in [-0.39, 0.29) is 19.6 Å². The summed E-state index contributed by atoms with van der Waals surface area (Å²) in [6.07, 6.45) is 0.718. The molecule has 1 aliphatic rings. The van der Waals surface area contributed by atoms with E-state index in [1.54, 1.807) is 7.11 Å². The standard InChI is InChI=1S/C12H17NO4/c1-8(13)3-9-4-11-12(17-7-16-11)5-10(9)15-6-14-2/h4-5,8H,3,6-7,13H2,1-2H3. The Morgan fingerprint density at radius 3 is 2.71 bits per heavy atom. The smallest absolute Gasteiger partial charge is 0.231 e. The summed E-state index contributed by atoms with van der Waals surface area (Å²) < 4.78 is 21.0. The molecule has 0 saturated heterocycles. The number of hydrogen-bond acceptors (Lipinski definition) is 5. The summed E-state index contributed by atoms with van der Waals surface area (Å²) in [7, 11) is 1.58. The fourth-order valence-corrected chi connectivity index (χ4v) is 1.73. The molecule has 94 valence electrons. The Balaban J connectivity index is 2.26. The van der Waals surface area contributed by atoms with E-state index in [0.29, 0.717) is 5.75 Å². The largest absolute Gasteiger partial charge is 0.467 e. The molecule has 0 fully saturated rings. The van der Waals surface area contributed by atoms with Gasteiger partial charge in [-0.3, -0.25) is 0 Å². The lowest BCUT2D eigenvalue weighted by atomic mass is 10.1. The van der Waals surface area contributed by atoms with Crippen LogP contribution in [0.2, 0.25) is 0 Å². The zero-order valence-electron chi connectivity index (χ0n) is 10.1. The van der Waals surface area contributed by atoms with Gasteiger partial charge in [-0.15, -0.1) is 0 Å². The maximum absolute atomic E-state index is 5.81. The van der Waals surface area contributed by atoms with E-state index in [4.69, 9.17) is 24.7 Å². The van der Waals surface area contributed by atoms with Crippen LogP contribution in [0.25, 0.3) is 0 Å².